The molecule has 8 heteroatoms. The van der Waals surface area contributed by atoms with Gasteiger partial charge in [0.05, 0.1) is 0 Å². The van der Waals surface area contributed by atoms with Crippen molar-refractivity contribution in [1.82, 2.24) is 10.2 Å². The molecule has 1 saturated heterocycles. The molecule has 1 unspecified atom stereocenters. The topological polar surface area (TPSA) is 95.9 Å². The molecule has 0 saturated carbocycles. The van der Waals surface area contributed by atoms with Gasteiger partial charge in [-0.3, -0.25) is 4.79 Å². The molecule has 2 N–H and O–H groups in total. The second kappa shape index (κ2) is 10.3. The van der Waals surface area contributed by atoms with Crippen LogP contribution in [0.2, 0.25) is 0 Å². The van der Waals surface area contributed by atoms with Crippen molar-refractivity contribution < 1.29 is 24.2 Å². The highest BCUT2D eigenvalue weighted by atomic mass is 32.2. The monoisotopic (exact) mass is 468 g/mol. The molecule has 1 aliphatic carbocycles. The van der Waals surface area contributed by atoms with Gasteiger partial charge in [-0.05, 0) is 53.5 Å². The lowest BCUT2D eigenvalue weighted by atomic mass is 9.98. The molecule has 2 atom stereocenters. The number of amides is 2. The van der Waals surface area contributed by atoms with Crippen LogP contribution in [0.5, 0.6) is 0 Å². The summed E-state index contributed by atoms with van der Waals surface area (Å²) in [6.45, 7) is 0.544. The number of ether oxygens (including phenoxy) is 1. The number of nitrogens with one attached hydrogen (secondary N) is 1. The minimum Gasteiger partial charge on any atom is -0.480 e. The number of thioether (sulfide) groups is 1. The molecule has 1 heterocycles. The van der Waals surface area contributed by atoms with Crippen LogP contribution in [0.4, 0.5) is 4.79 Å². The molecule has 0 spiro atoms. The number of carbonyl (C=O) groups is 3. The smallest absolute Gasteiger partial charge is 0.407 e. The number of rotatable bonds is 8. The van der Waals surface area contributed by atoms with E-state index in [1.807, 2.05) is 42.7 Å². The Bertz CT molecular complexity index is 997. The fourth-order valence-corrected chi connectivity index (χ4v) is 5.23. The number of carbonyl (C=O) groups excluding carboxylic acids is 2. The van der Waals surface area contributed by atoms with Gasteiger partial charge >= 0.3 is 12.1 Å². The Morgan fingerprint density at radius 3 is 2.36 bits per heavy atom. The van der Waals surface area contributed by atoms with Crippen LogP contribution in [-0.2, 0) is 14.3 Å². The second-order valence-electron chi connectivity index (χ2n) is 8.33. The van der Waals surface area contributed by atoms with E-state index >= 15 is 0 Å². The Morgan fingerprint density at radius 1 is 1.12 bits per heavy atom. The molecule has 1 aliphatic heterocycles. The van der Waals surface area contributed by atoms with Gasteiger partial charge < -0.3 is 20.1 Å². The number of hydrogen-bond acceptors (Lipinski definition) is 5. The third-order valence-electron chi connectivity index (χ3n) is 6.37. The summed E-state index contributed by atoms with van der Waals surface area (Å²) in [5.41, 5.74) is 4.51. The van der Waals surface area contributed by atoms with E-state index < -0.39 is 24.1 Å². The summed E-state index contributed by atoms with van der Waals surface area (Å²) in [5, 5.41) is 12.1. The minimum absolute atomic E-state index is 0.0709. The number of hydrogen-bond donors (Lipinski definition) is 2. The Balaban J connectivity index is 1.43. The quantitative estimate of drug-likeness (QED) is 0.613. The van der Waals surface area contributed by atoms with E-state index in [4.69, 9.17) is 4.74 Å². The van der Waals surface area contributed by atoms with Gasteiger partial charge in [-0.1, -0.05) is 48.5 Å². The van der Waals surface area contributed by atoms with Gasteiger partial charge in [0.15, 0.2) is 0 Å². The van der Waals surface area contributed by atoms with Gasteiger partial charge in [-0.15, -0.1) is 0 Å². The standard InChI is InChI=1S/C25H28N2O5S/c1-33-14-12-21(23(28)27-13-6-11-22(27)24(29)30)26-25(31)32-15-20-18-9-4-2-7-16(18)17-8-3-5-10-19(17)20/h2-5,7-10,20-22H,6,11-15H2,1H3,(H,26,31)(H,29,30)/t21?,22-/m0/s1. The lowest BCUT2D eigenvalue weighted by molar-refractivity contribution is -0.149. The molecule has 2 aromatic carbocycles. The summed E-state index contributed by atoms with van der Waals surface area (Å²) < 4.78 is 5.59. The van der Waals surface area contributed by atoms with Crippen molar-refractivity contribution in [3.05, 3.63) is 59.7 Å². The fourth-order valence-electron chi connectivity index (χ4n) is 4.76. The largest absolute Gasteiger partial charge is 0.480 e. The number of fused-ring (bicyclic) bond motifs is 3. The molecule has 7 nitrogen and oxygen atoms in total. The number of aliphatic carboxylic acids is 1. The van der Waals surface area contributed by atoms with E-state index in [-0.39, 0.29) is 18.4 Å². The van der Waals surface area contributed by atoms with Gasteiger partial charge in [-0.2, -0.15) is 11.8 Å². The maximum absolute atomic E-state index is 13.1. The summed E-state index contributed by atoms with van der Waals surface area (Å²) in [5.74, 6) is -0.780. The fraction of sp³-hybridized carbons (Fsp3) is 0.400. The molecule has 2 aromatic rings. The Hall–Kier alpha value is -3.00. The molecule has 1 fully saturated rings. The Labute approximate surface area is 197 Å². The van der Waals surface area contributed by atoms with E-state index in [1.165, 1.54) is 4.90 Å². The highest BCUT2D eigenvalue weighted by Crippen LogP contribution is 2.44. The summed E-state index contributed by atoms with van der Waals surface area (Å²) in [6, 6.07) is 14.5. The molecule has 4 rings (SSSR count). The van der Waals surface area contributed by atoms with Crippen LogP contribution in [0.25, 0.3) is 11.1 Å². The van der Waals surface area contributed by atoms with Gasteiger partial charge in [0, 0.05) is 12.5 Å². The third kappa shape index (κ3) is 4.85. The molecular weight excluding hydrogens is 440 g/mol. The van der Waals surface area contributed by atoms with Gasteiger partial charge in [0.25, 0.3) is 0 Å². The number of likely N-dealkylation sites (tertiary alicyclic amines) is 1. The van der Waals surface area contributed by atoms with Crippen LogP contribution in [0, 0.1) is 0 Å². The number of alkyl carbamates (subject to hydrolysis) is 1. The third-order valence-corrected chi connectivity index (χ3v) is 7.01. The first-order chi connectivity index (χ1) is 16.0. The van der Waals surface area contributed by atoms with Crippen LogP contribution < -0.4 is 5.32 Å². The van der Waals surface area contributed by atoms with E-state index in [9.17, 15) is 19.5 Å². The molecule has 0 aromatic heterocycles. The maximum atomic E-state index is 13.1. The summed E-state index contributed by atoms with van der Waals surface area (Å²) in [4.78, 5) is 38.7. The highest BCUT2D eigenvalue weighted by Gasteiger charge is 2.38. The zero-order chi connectivity index (χ0) is 23.4. The molecule has 0 radical (unpaired) electrons. The number of benzene rings is 2. The van der Waals surface area contributed by atoms with Crippen molar-refractivity contribution in [2.75, 3.05) is 25.2 Å². The molecular formula is C25H28N2O5S. The number of nitrogens with zero attached hydrogens (tertiary/aromatic N) is 1. The molecule has 2 amide bonds. The summed E-state index contributed by atoms with van der Waals surface area (Å²) in [7, 11) is 0. The van der Waals surface area contributed by atoms with Gasteiger partial charge in [-0.25, -0.2) is 9.59 Å². The average Bonchev–Trinajstić information content (AvgIpc) is 3.43. The maximum Gasteiger partial charge on any atom is 0.407 e. The second-order valence-corrected chi connectivity index (χ2v) is 9.32. The predicted octanol–water partition coefficient (Wildman–Crippen LogP) is 3.72. The minimum atomic E-state index is -1.01. The zero-order valence-electron chi connectivity index (χ0n) is 18.5. The SMILES string of the molecule is CSCCC(NC(=O)OCC1c2ccccc2-c2ccccc21)C(=O)N1CCC[C@H]1C(=O)O. The molecule has 0 bridgehead atoms. The van der Waals surface area contributed by atoms with Crippen LogP contribution in [0.1, 0.15) is 36.3 Å². The Morgan fingerprint density at radius 2 is 1.76 bits per heavy atom. The van der Waals surface area contributed by atoms with Crippen LogP contribution >= 0.6 is 11.8 Å². The van der Waals surface area contributed by atoms with Gasteiger partial charge in [0.2, 0.25) is 5.91 Å². The molecule has 2 aliphatic rings. The van der Waals surface area contributed by atoms with E-state index in [1.54, 1.807) is 11.8 Å². The molecule has 33 heavy (non-hydrogen) atoms. The first-order valence-electron chi connectivity index (χ1n) is 11.1. The van der Waals surface area contributed by atoms with E-state index in [0.717, 1.165) is 22.3 Å². The van der Waals surface area contributed by atoms with Crippen molar-refractivity contribution in [2.45, 2.75) is 37.3 Å². The van der Waals surface area contributed by atoms with Crippen LogP contribution in [0.3, 0.4) is 0 Å². The van der Waals surface area contributed by atoms with Crippen LogP contribution in [0.15, 0.2) is 48.5 Å². The number of carboxylic acid groups (broad SMARTS) is 1. The van der Waals surface area contributed by atoms with E-state index in [2.05, 4.69) is 17.4 Å². The lowest BCUT2D eigenvalue weighted by Gasteiger charge is -2.27. The Kier molecular flexibility index (Phi) is 7.23. The lowest BCUT2D eigenvalue weighted by Crippen LogP contribution is -2.52. The first-order valence-corrected chi connectivity index (χ1v) is 12.5. The van der Waals surface area contributed by atoms with Crippen molar-refractivity contribution in [3.63, 3.8) is 0 Å². The first kappa shape index (κ1) is 23.2. The summed E-state index contributed by atoms with van der Waals surface area (Å²) in [6.07, 6.45) is 2.74. The van der Waals surface area contributed by atoms with Crippen molar-refractivity contribution in [1.29, 1.82) is 0 Å². The van der Waals surface area contributed by atoms with E-state index in [0.29, 0.717) is 31.6 Å². The normalized spacial score (nSPS) is 17.8. The van der Waals surface area contributed by atoms with Crippen molar-refractivity contribution in [3.8, 4) is 11.1 Å². The molecule has 174 valence electrons. The van der Waals surface area contributed by atoms with Crippen molar-refractivity contribution in [2.24, 2.45) is 0 Å². The summed E-state index contributed by atoms with van der Waals surface area (Å²) >= 11 is 1.56. The number of carboxylic acids is 1. The average molecular weight is 469 g/mol. The zero-order valence-corrected chi connectivity index (χ0v) is 19.3. The predicted molar refractivity (Wildman–Crippen MR) is 127 cm³/mol. The van der Waals surface area contributed by atoms with Crippen molar-refractivity contribution >= 4 is 29.7 Å². The highest BCUT2D eigenvalue weighted by molar-refractivity contribution is 7.98. The van der Waals surface area contributed by atoms with Crippen LogP contribution in [-0.4, -0.2) is 65.2 Å². The van der Waals surface area contributed by atoms with Gasteiger partial charge in [0.1, 0.15) is 18.7 Å².